The van der Waals surface area contributed by atoms with Crippen LogP contribution in [-0.2, 0) is 4.79 Å². The van der Waals surface area contributed by atoms with Crippen LogP contribution in [0.1, 0.15) is 25.6 Å². The van der Waals surface area contributed by atoms with Gasteiger partial charge in [0.2, 0.25) is 5.91 Å². The quantitative estimate of drug-likeness (QED) is 0.819. The molecule has 2 heterocycles. The molecule has 0 aromatic carbocycles. The van der Waals surface area contributed by atoms with Gasteiger partial charge in [-0.25, -0.2) is 4.98 Å². The number of nitrogens with one attached hydrogen (secondary N) is 2. The molecular weight excluding hydrogens is 232 g/mol. The Hall–Kier alpha value is -1.85. The van der Waals surface area contributed by atoms with Crippen LogP contribution in [0.5, 0.6) is 0 Å². The summed E-state index contributed by atoms with van der Waals surface area (Å²) in [6.07, 6.45) is 2.14. The number of hydrogen-bond donors (Lipinski definition) is 2. The maximum absolute atomic E-state index is 12.1. The summed E-state index contributed by atoms with van der Waals surface area (Å²) in [6.45, 7) is 5.15. The first-order valence-electron chi connectivity index (χ1n) is 6.19. The average Bonchev–Trinajstić information content (AvgIpc) is 2.79. The van der Waals surface area contributed by atoms with Crippen LogP contribution in [0, 0.1) is 6.92 Å². The number of likely N-dealkylation sites (tertiary alicyclic amines) is 1. The molecule has 1 amide bonds. The van der Waals surface area contributed by atoms with E-state index >= 15 is 0 Å². The predicted octanol–water partition coefficient (Wildman–Crippen LogP) is 0.501. The summed E-state index contributed by atoms with van der Waals surface area (Å²) in [5.74, 6) is 1.04. The van der Waals surface area contributed by atoms with Crippen LogP contribution in [0.25, 0.3) is 0 Å². The number of anilines is 1. The van der Waals surface area contributed by atoms with Crippen molar-refractivity contribution in [2.45, 2.75) is 32.7 Å². The Kier molecular flexibility index (Phi) is 3.64. The fourth-order valence-electron chi connectivity index (χ4n) is 2.15. The monoisotopic (exact) mass is 250 g/mol. The SMILES string of the molecule is Cc1nc(NC(C)C(=O)N2CCCC2)cc(=O)[nH]1. The zero-order chi connectivity index (χ0) is 13.1. The number of aryl methyl sites for hydroxylation is 1. The first kappa shape index (κ1) is 12.6. The summed E-state index contributed by atoms with van der Waals surface area (Å²) in [5, 5.41) is 2.98. The molecule has 1 unspecified atom stereocenters. The van der Waals surface area contributed by atoms with Crippen LogP contribution in [0.3, 0.4) is 0 Å². The number of rotatable bonds is 3. The molecule has 18 heavy (non-hydrogen) atoms. The molecule has 0 aliphatic carbocycles. The van der Waals surface area contributed by atoms with Crippen molar-refractivity contribution in [3.63, 3.8) is 0 Å². The topological polar surface area (TPSA) is 78.1 Å². The van der Waals surface area contributed by atoms with Crippen molar-refractivity contribution >= 4 is 11.7 Å². The second kappa shape index (κ2) is 5.20. The lowest BCUT2D eigenvalue weighted by Gasteiger charge is -2.21. The number of carbonyl (C=O) groups excluding carboxylic acids is 1. The van der Waals surface area contributed by atoms with Crippen molar-refractivity contribution in [2.24, 2.45) is 0 Å². The van der Waals surface area contributed by atoms with E-state index in [4.69, 9.17) is 0 Å². The van der Waals surface area contributed by atoms with E-state index < -0.39 is 0 Å². The molecule has 1 aliphatic heterocycles. The van der Waals surface area contributed by atoms with Gasteiger partial charge in [0, 0.05) is 19.2 Å². The van der Waals surface area contributed by atoms with E-state index in [0.29, 0.717) is 11.6 Å². The van der Waals surface area contributed by atoms with Crippen molar-refractivity contribution in [3.8, 4) is 0 Å². The average molecular weight is 250 g/mol. The van der Waals surface area contributed by atoms with Gasteiger partial charge in [-0.05, 0) is 26.7 Å². The van der Waals surface area contributed by atoms with Crippen molar-refractivity contribution in [1.82, 2.24) is 14.9 Å². The molecule has 1 aliphatic rings. The molecule has 1 atom stereocenters. The number of hydrogen-bond acceptors (Lipinski definition) is 4. The minimum Gasteiger partial charge on any atom is -0.358 e. The fourth-order valence-corrected chi connectivity index (χ4v) is 2.15. The number of H-pyrrole nitrogens is 1. The summed E-state index contributed by atoms with van der Waals surface area (Å²) in [5.41, 5.74) is -0.217. The van der Waals surface area contributed by atoms with Crippen molar-refractivity contribution in [1.29, 1.82) is 0 Å². The summed E-state index contributed by atoms with van der Waals surface area (Å²) in [7, 11) is 0. The van der Waals surface area contributed by atoms with Crippen LogP contribution in [0.2, 0.25) is 0 Å². The standard InChI is InChI=1S/C12H18N4O2/c1-8(12(18)16-5-3-4-6-16)13-10-7-11(17)15-9(2)14-10/h7-8H,3-6H2,1-2H3,(H2,13,14,15,17). The van der Waals surface area contributed by atoms with Crippen LogP contribution >= 0.6 is 0 Å². The van der Waals surface area contributed by atoms with Crippen molar-refractivity contribution < 1.29 is 4.79 Å². The molecule has 1 aromatic rings. The molecule has 2 rings (SSSR count). The van der Waals surface area contributed by atoms with E-state index in [1.165, 1.54) is 6.07 Å². The van der Waals surface area contributed by atoms with Gasteiger partial charge in [0.05, 0.1) is 0 Å². The molecule has 6 nitrogen and oxygen atoms in total. The maximum Gasteiger partial charge on any atom is 0.252 e. The Labute approximate surface area is 105 Å². The highest BCUT2D eigenvalue weighted by molar-refractivity contribution is 5.84. The van der Waals surface area contributed by atoms with Gasteiger partial charge in [0.25, 0.3) is 5.56 Å². The second-order valence-electron chi connectivity index (χ2n) is 4.61. The lowest BCUT2D eigenvalue weighted by atomic mass is 10.3. The van der Waals surface area contributed by atoms with E-state index in [2.05, 4.69) is 15.3 Å². The van der Waals surface area contributed by atoms with Crippen LogP contribution in [0.15, 0.2) is 10.9 Å². The largest absolute Gasteiger partial charge is 0.358 e. The van der Waals surface area contributed by atoms with Crippen molar-refractivity contribution in [3.05, 3.63) is 22.2 Å². The molecule has 1 fully saturated rings. The highest BCUT2D eigenvalue weighted by atomic mass is 16.2. The third kappa shape index (κ3) is 2.88. The van der Waals surface area contributed by atoms with Gasteiger partial charge in [-0.15, -0.1) is 0 Å². The molecular formula is C12H18N4O2. The smallest absolute Gasteiger partial charge is 0.252 e. The molecule has 0 saturated carbocycles. The van der Waals surface area contributed by atoms with Crippen LogP contribution in [0.4, 0.5) is 5.82 Å². The third-order valence-electron chi connectivity index (χ3n) is 3.01. The van der Waals surface area contributed by atoms with Crippen LogP contribution < -0.4 is 10.9 Å². The van der Waals surface area contributed by atoms with Gasteiger partial charge in [-0.3, -0.25) is 9.59 Å². The van der Waals surface area contributed by atoms with E-state index in [-0.39, 0.29) is 17.5 Å². The van der Waals surface area contributed by atoms with Gasteiger partial charge in [-0.1, -0.05) is 0 Å². The summed E-state index contributed by atoms with van der Waals surface area (Å²) in [6, 6.07) is 0.998. The first-order valence-corrected chi connectivity index (χ1v) is 6.19. The van der Waals surface area contributed by atoms with Crippen LogP contribution in [-0.4, -0.2) is 39.9 Å². The molecule has 98 valence electrons. The molecule has 2 N–H and O–H groups in total. The lowest BCUT2D eigenvalue weighted by molar-refractivity contribution is -0.130. The molecule has 1 aromatic heterocycles. The van der Waals surface area contributed by atoms with Gasteiger partial charge >= 0.3 is 0 Å². The fraction of sp³-hybridized carbons (Fsp3) is 0.583. The number of nitrogens with zero attached hydrogens (tertiary/aromatic N) is 2. The highest BCUT2D eigenvalue weighted by Gasteiger charge is 2.23. The Morgan fingerprint density at radius 3 is 2.78 bits per heavy atom. The third-order valence-corrected chi connectivity index (χ3v) is 3.01. The summed E-state index contributed by atoms with van der Waals surface area (Å²) < 4.78 is 0. The van der Waals surface area contributed by atoms with E-state index in [1.54, 1.807) is 13.8 Å². The molecule has 1 saturated heterocycles. The Balaban J connectivity index is 2.03. The highest BCUT2D eigenvalue weighted by Crippen LogP contribution is 2.11. The normalized spacial score (nSPS) is 16.7. The van der Waals surface area contributed by atoms with E-state index in [1.807, 2.05) is 4.90 Å². The zero-order valence-electron chi connectivity index (χ0n) is 10.7. The predicted molar refractivity (Wildman–Crippen MR) is 68.5 cm³/mol. The number of aromatic amines is 1. The number of carbonyl (C=O) groups is 1. The molecule has 0 bridgehead atoms. The first-order chi connectivity index (χ1) is 8.56. The Morgan fingerprint density at radius 2 is 2.17 bits per heavy atom. The minimum atomic E-state index is -0.364. The second-order valence-corrected chi connectivity index (χ2v) is 4.61. The summed E-state index contributed by atoms with van der Waals surface area (Å²) in [4.78, 5) is 31.9. The number of aromatic nitrogens is 2. The number of amides is 1. The summed E-state index contributed by atoms with van der Waals surface area (Å²) >= 11 is 0. The van der Waals surface area contributed by atoms with E-state index in [0.717, 1.165) is 25.9 Å². The maximum atomic E-state index is 12.1. The van der Waals surface area contributed by atoms with E-state index in [9.17, 15) is 9.59 Å². The van der Waals surface area contributed by atoms with Gasteiger partial charge < -0.3 is 15.2 Å². The van der Waals surface area contributed by atoms with Gasteiger partial charge in [0.1, 0.15) is 17.7 Å². The van der Waals surface area contributed by atoms with Crippen molar-refractivity contribution in [2.75, 3.05) is 18.4 Å². The molecule has 0 radical (unpaired) electrons. The minimum absolute atomic E-state index is 0.0623. The zero-order valence-corrected chi connectivity index (χ0v) is 10.7. The van der Waals surface area contributed by atoms with Gasteiger partial charge in [0.15, 0.2) is 0 Å². The lowest BCUT2D eigenvalue weighted by Crippen LogP contribution is -2.40. The molecule has 0 spiro atoms. The Bertz CT molecular complexity index is 491. The Morgan fingerprint density at radius 1 is 1.50 bits per heavy atom. The molecule has 6 heteroatoms. The van der Waals surface area contributed by atoms with Gasteiger partial charge in [-0.2, -0.15) is 0 Å².